The summed E-state index contributed by atoms with van der Waals surface area (Å²) in [5.41, 5.74) is 8.51. The van der Waals surface area contributed by atoms with Crippen LogP contribution in [0.1, 0.15) is 55.8 Å². The molecule has 0 aliphatic heterocycles. The summed E-state index contributed by atoms with van der Waals surface area (Å²) >= 11 is 0. The molecule has 0 spiro atoms. The van der Waals surface area contributed by atoms with Crippen molar-refractivity contribution in [2.45, 2.75) is 57.0 Å². The van der Waals surface area contributed by atoms with E-state index in [1.54, 1.807) is 0 Å². The molecule has 1 aromatic heterocycles. The third-order valence-electron chi connectivity index (χ3n) is 4.88. The second kappa shape index (κ2) is 5.56. The molecule has 1 fully saturated rings. The summed E-state index contributed by atoms with van der Waals surface area (Å²) in [6, 6.07) is 0.346. The van der Waals surface area contributed by atoms with Gasteiger partial charge in [-0.15, -0.1) is 0 Å². The Balaban J connectivity index is 1.62. The number of carbonyl (C=O) groups excluding carboxylic acids is 1. The zero-order valence-electron chi connectivity index (χ0n) is 12.1. The first-order valence-corrected chi connectivity index (χ1v) is 7.71. The molecule has 0 radical (unpaired) electrons. The zero-order chi connectivity index (χ0) is 14.1. The van der Waals surface area contributed by atoms with Crippen molar-refractivity contribution in [1.29, 1.82) is 0 Å². The van der Waals surface area contributed by atoms with Crippen LogP contribution in [0.25, 0.3) is 0 Å². The topological polar surface area (TPSA) is 72.9 Å². The van der Waals surface area contributed by atoms with Gasteiger partial charge in [0.2, 0.25) is 5.91 Å². The predicted octanol–water partition coefficient (Wildman–Crippen LogP) is 1.43. The molecule has 3 atom stereocenters. The van der Waals surface area contributed by atoms with E-state index in [4.69, 9.17) is 5.73 Å². The number of nitrogens with zero attached hydrogens (tertiary/aromatic N) is 2. The largest absolute Gasteiger partial charge is 0.349 e. The summed E-state index contributed by atoms with van der Waals surface area (Å²) in [4.78, 5) is 12.2. The molecule has 1 aromatic rings. The molecule has 1 unspecified atom stereocenters. The second-order valence-electron chi connectivity index (χ2n) is 6.24. The van der Waals surface area contributed by atoms with E-state index in [-0.39, 0.29) is 18.0 Å². The van der Waals surface area contributed by atoms with Gasteiger partial charge in [0.05, 0.1) is 12.2 Å². The number of rotatable bonds is 3. The maximum absolute atomic E-state index is 12.2. The molecule has 0 bridgehead atoms. The summed E-state index contributed by atoms with van der Waals surface area (Å²) in [6.45, 7) is 0. The van der Waals surface area contributed by atoms with Crippen molar-refractivity contribution in [2.24, 2.45) is 18.7 Å². The Morgan fingerprint density at radius 2 is 2.30 bits per heavy atom. The van der Waals surface area contributed by atoms with Crippen LogP contribution in [0.2, 0.25) is 0 Å². The number of amides is 1. The highest BCUT2D eigenvalue weighted by Gasteiger charge is 2.29. The van der Waals surface area contributed by atoms with Crippen LogP contribution in [0.5, 0.6) is 0 Å². The van der Waals surface area contributed by atoms with Gasteiger partial charge < -0.3 is 11.1 Å². The van der Waals surface area contributed by atoms with Gasteiger partial charge in [-0.2, -0.15) is 5.10 Å². The highest BCUT2D eigenvalue weighted by Crippen LogP contribution is 2.30. The van der Waals surface area contributed by atoms with Crippen molar-refractivity contribution < 1.29 is 4.79 Å². The number of fused-ring (bicyclic) bond motifs is 1. The Labute approximate surface area is 119 Å². The van der Waals surface area contributed by atoms with E-state index in [0.29, 0.717) is 12.3 Å². The van der Waals surface area contributed by atoms with E-state index >= 15 is 0 Å². The van der Waals surface area contributed by atoms with E-state index in [9.17, 15) is 4.79 Å². The van der Waals surface area contributed by atoms with Gasteiger partial charge in [-0.05, 0) is 38.0 Å². The Morgan fingerprint density at radius 3 is 3.05 bits per heavy atom. The van der Waals surface area contributed by atoms with E-state index in [1.807, 2.05) is 17.9 Å². The molecule has 5 nitrogen and oxygen atoms in total. The molecule has 110 valence electrons. The van der Waals surface area contributed by atoms with Crippen molar-refractivity contribution in [3.05, 3.63) is 17.5 Å². The lowest BCUT2D eigenvalue weighted by atomic mass is 9.92. The predicted molar refractivity (Wildman–Crippen MR) is 77.0 cm³/mol. The van der Waals surface area contributed by atoms with Crippen LogP contribution in [0.3, 0.4) is 0 Å². The lowest BCUT2D eigenvalue weighted by Crippen LogP contribution is -2.34. The lowest BCUT2D eigenvalue weighted by molar-refractivity contribution is -0.122. The van der Waals surface area contributed by atoms with Crippen molar-refractivity contribution >= 4 is 5.91 Å². The smallest absolute Gasteiger partial charge is 0.220 e. The maximum atomic E-state index is 12.2. The normalized spacial score (nSPS) is 29.2. The minimum atomic E-state index is 0.137. The third-order valence-corrected chi connectivity index (χ3v) is 4.88. The van der Waals surface area contributed by atoms with E-state index in [0.717, 1.165) is 38.5 Å². The average molecular weight is 276 g/mol. The average Bonchev–Trinajstić information content (AvgIpc) is 2.98. The van der Waals surface area contributed by atoms with Crippen LogP contribution in [0.4, 0.5) is 0 Å². The number of nitrogens with two attached hydrogens (primary N) is 1. The fourth-order valence-electron chi connectivity index (χ4n) is 3.67. The monoisotopic (exact) mass is 276 g/mol. The SMILES string of the molecule is Cn1ncc2c1CCCC2NC(=O)C[C@@H]1CCC[C@H]1N. The lowest BCUT2D eigenvalue weighted by Gasteiger charge is -2.25. The molecule has 20 heavy (non-hydrogen) atoms. The Hall–Kier alpha value is -1.36. The first kappa shape index (κ1) is 13.6. The molecule has 0 saturated heterocycles. The summed E-state index contributed by atoms with van der Waals surface area (Å²) in [7, 11) is 1.97. The molecule has 1 saturated carbocycles. The van der Waals surface area contributed by atoms with E-state index in [1.165, 1.54) is 11.3 Å². The second-order valence-corrected chi connectivity index (χ2v) is 6.24. The van der Waals surface area contributed by atoms with Crippen LogP contribution < -0.4 is 11.1 Å². The van der Waals surface area contributed by atoms with Crippen LogP contribution in [-0.2, 0) is 18.3 Å². The molecule has 3 N–H and O–H groups in total. The number of aryl methyl sites for hydroxylation is 1. The highest BCUT2D eigenvalue weighted by atomic mass is 16.1. The number of carbonyl (C=O) groups is 1. The minimum absolute atomic E-state index is 0.137. The highest BCUT2D eigenvalue weighted by molar-refractivity contribution is 5.77. The molecule has 1 amide bonds. The summed E-state index contributed by atoms with van der Waals surface area (Å²) in [6.07, 6.45) is 8.99. The van der Waals surface area contributed by atoms with E-state index < -0.39 is 0 Å². The van der Waals surface area contributed by atoms with Gasteiger partial charge in [-0.3, -0.25) is 9.48 Å². The van der Waals surface area contributed by atoms with Gasteiger partial charge in [0.25, 0.3) is 0 Å². The number of nitrogens with one attached hydrogen (secondary N) is 1. The van der Waals surface area contributed by atoms with Gasteiger partial charge in [0.15, 0.2) is 0 Å². The first-order valence-electron chi connectivity index (χ1n) is 7.71. The van der Waals surface area contributed by atoms with Gasteiger partial charge in [-0.25, -0.2) is 0 Å². The van der Waals surface area contributed by atoms with Crippen LogP contribution in [-0.4, -0.2) is 21.7 Å². The van der Waals surface area contributed by atoms with Crippen LogP contribution in [0.15, 0.2) is 6.20 Å². The van der Waals surface area contributed by atoms with Gasteiger partial charge in [-0.1, -0.05) is 6.42 Å². The molecule has 2 aliphatic rings. The third kappa shape index (κ3) is 2.59. The summed E-state index contributed by atoms with van der Waals surface area (Å²) in [5, 5.41) is 7.50. The molecule has 1 heterocycles. The Bertz CT molecular complexity index is 496. The molecule has 3 rings (SSSR count). The first-order chi connectivity index (χ1) is 9.65. The summed E-state index contributed by atoms with van der Waals surface area (Å²) in [5.74, 6) is 0.515. The number of aromatic nitrogens is 2. The van der Waals surface area contributed by atoms with Crippen LogP contribution >= 0.6 is 0 Å². The van der Waals surface area contributed by atoms with Gasteiger partial charge >= 0.3 is 0 Å². The quantitative estimate of drug-likeness (QED) is 0.877. The number of hydrogen-bond acceptors (Lipinski definition) is 3. The zero-order valence-corrected chi connectivity index (χ0v) is 12.1. The molecule has 5 heteroatoms. The standard InChI is InChI=1S/C15H24N4O/c1-19-14-7-3-6-13(11(14)9-17-19)18-15(20)8-10-4-2-5-12(10)16/h9-10,12-13H,2-8,16H2,1H3,(H,18,20)/t10-,12+,13?/m0/s1. The summed E-state index contributed by atoms with van der Waals surface area (Å²) < 4.78 is 1.93. The van der Waals surface area contributed by atoms with Crippen molar-refractivity contribution in [1.82, 2.24) is 15.1 Å². The fourth-order valence-corrected chi connectivity index (χ4v) is 3.67. The van der Waals surface area contributed by atoms with Crippen molar-refractivity contribution in [3.8, 4) is 0 Å². The Morgan fingerprint density at radius 1 is 1.45 bits per heavy atom. The Kier molecular flexibility index (Phi) is 3.78. The molecule has 0 aromatic carbocycles. The molecular formula is C15H24N4O. The van der Waals surface area contributed by atoms with Crippen LogP contribution in [0, 0.1) is 5.92 Å². The maximum Gasteiger partial charge on any atom is 0.220 e. The number of hydrogen-bond donors (Lipinski definition) is 2. The minimum Gasteiger partial charge on any atom is -0.349 e. The molecular weight excluding hydrogens is 252 g/mol. The van der Waals surface area contributed by atoms with Gasteiger partial charge in [0, 0.05) is 30.8 Å². The fraction of sp³-hybridized carbons (Fsp3) is 0.733. The molecule has 2 aliphatic carbocycles. The van der Waals surface area contributed by atoms with Crippen molar-refractivity contribution in [3.63, 3.8) is 0 Å². The van der Waals surface area contributed by atoms with E-state index in [2.05, 4.69) is 10.4 Å². The van der Waals surface area contributed by atoms with Gasteiger partial charge in [0.1, 0.15) is 0 Å². The van der Waals surface area contributed by atoms with Crippen molar-refractivity contribution in [2.75, 3.05) is 0 Å².